The van der Waals surface area contributed by atoms with E-state index in [0.717, 1.165) is 13.1 Å². The molecule has 2 rings (SSSR count). The van der Waals surface area contributed by atoms with Gasteiger partial charge in [0.1, 0.15) is 0 Å². The lowest BCUT2D eigenvalue weighted by atomic mass is 9.71. The largest absolute Gasteiger partial charge is 0.370 e. The van der Waals surface area contributed by atoms with Crippen LogP contribution in [0.3, 0.4) is 0 Å². The second kappa shape index (κ2) is 8.01. The smallest absolute Gasteiger partial charge is 0.188 e. The third kappa shape index (κ3) is 4.87. The standard InChI is InChI=1S/C17H27N3.HI/c1-13(2)11-19-16(18)20-12-17(3)10-6-8-14-7-4-5-9-15(14)17;/h4-5,7,9,13H,6,8,10-12H2,1-3H3,(H3,18,19,20);1H. The molecule has 21 heavy (non-hydrogen) atoms. The fourth-order valence-electron chi connectivity index (χ4n) is 2.92. The molecule has 0 heterocycles. The molecule has 0 amide bonds. The van der Waals surface area contributed by atoms with Gasteiger partial charge in [-0.25, -0.2) is 0 Å². The van der Waals surface area contributed by atoms with Gasteiger partial charge in [0.15, 0.2) is 5.96 Å². The molecule has 1 unspecified atom stereocenters. The topological polar surface area (TPSA) is 50.4 Å². The van der Waals surface area contributed by atoms with E-state index in [1.807, 2.05) is 0 Å². The lowest BCUT2D eigenvalue weighted by Gasteiger charge is -2.34. The number of nitrogens with one attached hydrogen (secondary N) is 1. The predicted molar refractivity (Wildman–Crippen MR) is 101 cm³/mol. The van der Waals surface area contributed by atoms with E-state index in [-0.39, 0.29) is 29.4 Å². The van der Waals surface area contributed by atoms with Crippen molar-refractivity contribution in [3.63, 3.8) is 0 Å². The molecule has 118 valence electrons. The summed E-state index contributed by atoms with van der Waals surface area (Å²) in [5.41, 5.74) is 9.01. The first-order valence-electron chi connectivity index (χ1n) is 7.63. The van der Waals surface area contributed by atoms with Crippen molar-refractivity contribution in [1.29, 1.82) is 0 Å². The van der Waals surface area contributed by atoms with Crippen molar-refractivity contribution in [2.75, 3.05) is 13.1 Å². The molecule has 0 spiro atoms. The van der Waals surface area contributed by atoms with Gasteiger partial charge >= 0.3 is 0 Å². The molecule has 0 radical (unpaired) electrons. The molecule has 0 aliphatic heterocycles. The van der Waals surface area contributed by atoms with Gasteiger partial charge in [-0.15, -0.1) is 24.0 Å². The maximum absolute atomic E-state index is 5.96. The Morgan fingerprint density at radius 2 is 2.10 bits per heavy atom. The molecule has 1 aliphatic carbocycles. The van der Waals surface area contributed by atoms with Crippen LogP contribution in [0.1, 0.15) is 44.7 Å². The molecule has 0 fully saturated rings. The molecule has 1 aliphatic rings. The highest BCUT2D eigenvalue weighted by Crippen LogP contribution is 2.37. The van der Waals surface area contributed by atoms with Gasteiger partial charge in [-0.2, -0.15) is 0 Å². The minimum atomic E-state index is 0. The summed E-state index contributed by atoms with van der Waals surface area (Å²) < 4.78 is 0. The van der Waals surface area contributed by atoms with Crippen molar-refractivity contribution in [3.8, 4) is 0 Å². The van der Waals surface area contributed by atoms with Crippen molar-refractivity contribution >= 4 is 29.9 Å². The fourth-order valence-corrected chi connectivity index (χ4v) is 2.92. The van der Waals surface area contributed by atoms with Crippen molar-refractivity contribution in [2.45, 2.75) is 45.4 Å². The van der Waals surface area contributed by atoms with Gasteiger partial charge < -0.3 is 11.1 Å². The maximum Gasteiger partial charge on any atom is 0.188 e. The Bertz CT molecular complexity index is 485. The molecule has 0 aromatic heterocycles. The van der Waals surface area contributed by atoms with Gasteiger partial charge in [0.05, 0.1) is 6.54 Å². The summed E-state index contributed by atoms with van der Waals surface area (Å²) >= 11 is 0. The minimum absolute atomic E-state index is 0. The first-order chi connectivity index (χ1) is 9.51. The zero-order chi connectivity index (χ0) is 14.6. The van der Waals surface area contributed by atoms with Crippen LogP contribution in [-0.2, 0) is 11.8 Å². The van der Waals surface area contributed by atoms with E-state index in [9.17, 15) is 0 Å². The van der Waals surface area contributed by atoms with Crippen molar-refractivity contribution in [1.82, 2.24) is 5.32 Å². The minimum Gasteiger partial charge on any atom is -0.370 e. The van der Waals surface area contributed by atoms with Crippen LogP contribution in [0.5, 0.6) is 0 Å². The molecule has 1 aromatic rings. The first kappa shape index (κ1) is 18.3. The van der Waals surface area contributed by atoms with E-state index in [0.29, 0.717) is 11.9 Å². The van der Waals surface area contributed by atoms with Crippen LogP contribution in [0.25, 0.3) is 0 Å². The van der Waals surface area contributed by atoms with E-state index < -0.39 is 0 Å². The average molecular weight is 401 g/mol. The normalized spacial score (nSPS) is 21.6. The predicted octanol–water partition coefficient (Wildman–Crippen LogP) is 3.46. The highest BCUT2D eigenvalue weighted by atomic mass is 127. The second-order valence-electron chi connectivity index (χ2n) is 6.55. The highest BCUT2D eigenvalue weighted by Gasteiger charge is 2.31. The lowest BCUT2D eigenvalue weighted by molar-refractivity contribution is 0.404. The number of nitrogens with zero attached hydrogens (tertiary/aromatic N) is 1. The molecule has 1 atom stereocenters. The monoisotopic (exact) mass is 401 g/mol. The summed E-state index contributed by atoms with van der Waals surface area (Å²) in [6.45, 7) is 8.28. The fraction of sp³-hybridized carbons (Fsp3) is 0.588. The number of hydrogen-bond acceptors (Lipinski definition) is 1. The molecule has 1 aromatic carbocycles. The molecule has 0 saturated carbocycles. The Kier molecular flexibility index (Phi) is 6.97. The summed E-state index contributed by atoms with van der Waals surface area (Å²) in [6, 6.07) is 8.76. The van der Waals surface area contributed by atoms with Crippen LogP contribution in [0.15, 0.2) is 29.3 Å². The zero-order valence-electron chi connectivity index (χ0n) is 13.4. The molecular weight excluding hydrogens is 373 g/mol. The van der Waals surface area contributed by atoms with Gasteiger partial charge in [0.2, 0.25) is 0 Å². The van der Waals surface area contributed by atoms with Gasteiger partial charge in [0.25, 0.3) is 0 Å². The number of rotatable bonds is 4. The van der Waals surface area contributed by atoms with Crippen molar-refractivity contribution in [3.05, 3.63) is 35.4 Å². The van der Waals surface area contributed by atoms with Crippen LogP contribution in [0.4, 0.5) is 0 Å². The number of aliphatic imine (C=N–C) groups is 1. The Balaban J connectivity index is 0.00000220. The third-order valence-corrected chi connectivity index (χ3v) is 4.13. The van der Waals surface area contributed by atoms with Gasteiger partial charge in [-0.1, -0.05) is 45.0 Å². The Labute approximate surface area is 145 Å². The summed E-state index contributed by atoms with van der Waals surface area (Å²) in [6.07, 6.45) is 3.61. The average Bonchev–Trinajstić information content (AvgIpc) is 2.44. The maximum atomic E-state index is 5.96. The van der Waals surface area contributed by atoms with E-state index in [1.54, 1.807) is 0 Å². The summed E-state index contributed by atoms with van der Waals surface area (Å²) in [5, 5.41) is 3.19. The third-order valence-electron chi connectivity index (χ3n) is 4.13. The van der Waals surface area contributed by atoms with Crippen molar-refractivity contribution in [2.24, 2.45) is 16.6 Å². The van der Waals surface area contributed by atoms with Crippen LogP contribution >= 0.6 is 24.0 Å². The van der Waals surface area contributed by atoms with E-state index in [1.165, 1.54) is 30.4 Å². The van der Waals surface area contributed by atoms with Crippen molar-refractivity contribution < 1.29 is 0 Å². The number of hydrogen-bond donors (Lipinski definition) is 2. The van der Waals surface area contributed by atoms with Crippen LogP contribution in [0.2, 0.25) is 0 Å². The van der Waals surface area contributed by atoms with Crippen LogP contribution < -0.4 is 11.1 Å². The number of aryl methyl sites for hydroxylation is 1. The summed E-state index contributed by atoms with van der Waals surface area (Å²) in [5.74, 6) is 1.15. The molecule has 4 heteroatoms. The number of benzene rings is 1. The SMILES string of the molecule is CC(C)CNC(N)=NCC1(C)CCCc2ccccc21.I. The first-order valence-corrected chi connectivity index (χ1v) is 7.63. The van der Waals surface area contributed by atoms with Crippen LogP contribution in [-0.4, -0.2) is 19.0 Å². The lowest BCUT2D eigenvalue weighted by Crippen LogP contribution is -2.37. The Morgan fingerprint density at radius 3 is 2.81 bits per heavy atom. The molecule has 0 saturated heterocycles. The molecule has 3 nitrogen and oxygen atoms in total. The van der Waals surface area contributed by atoms with E-state index in [2.05, 4.69) is 55.3 Å². The number of guanidine groups is 1. The highest BCUT2D eigenvalue weighted by molar-refractivity contribution is 14.0. The van der Waals surface area contributed by atoms with E-state index in [4.69, 9.17) is 5.73 Å². The number of halogens is 1. The Hall–Kier alpha value is -0.780. The number of nitrogens with two attached hydrogens (primary N) is 1. The van der Waals surface area contributed by atoms with Gasteiger partial charge in [-0.05, 0) is 36.3 Å². The second-order valence-corrected chi connectivity index (χ2v) is 6.55. The summed E-state index contributed by atoms with van der Waals surface area (Å²) in [4.78, 5) is 4.57. The van der Waals surface area contributed by atoms with E-state index >= 15 is 0 Å². The molecule has 0 bridgehead atoms. The molecular formula is C17H28IN3. The van der Waals surface area contributed by atoms with Gasteiger partial charge in [-0.3, -0.25) is 4.99 Å². The quantitative estimate of drug-likeness (QED) is 0.461. The Morgan fingerprint density at radius 1 is 1.38 bits per heavy atom. The van der Waals surface area contributed by atoms with Gasteiger partial charge in [0, 0.05) is 12.0 Å². The molecule has 3 N–H and O–H groups in total. The number of fused-ring (bicyclic) bond motifs is 1. The van der Waals surface area contributed by atoms with Crippen LogP contribution in [0, 0.1) is 5.92 Å². The summed E-state index contributed by atoms with van der Waals surface area (Å²) in [7, 11) is 0. The zero-order valence-corrected chi connectivity index (χ0v) is 15.7.